The summed E-state index contributed by atoms with van der Waals surface area (Å²) in [6.07, 6.45) is 0. The van der Waals surface area contributed by atoms with Crippen LogP contribution in [0.3, 0.4) is 0 Å². The van der Waals surface area contributed by atoms with E-state index in [9.17, 15) is 4.79 Å². The highest BCUT2D eigenvalue weighted by molar-refractivity contribution is 9.10. The minimum atomic E-state index is -0.962. The summed E-state index contributed by atoms with van der Waals surface area (Å²) >= 11 is 6.94. The second-order valence-electron chi connectivity index (χ2n) is 7.11. The van der Waals surface area contributed by atoms with Gasteiger partial charge in [0, 0.05) is 14.5 Å². The number of aromatic nitrogens is 2. The molecule has 0 aliphatic carbocycles. The van der Waals surface area contributed by atoms with Crippen LogP contribution in [-0.4, -0.2) is 21.0 Å². The largest absolute Gasteiger partial charge is 0.291 e. The molecule has 5 rings (SSSR count). The van der Waals surface area contributed by atoms with Gasteiger partial charge in [-0.2, -0.15) is 0 Å². The summed E-state index contributed by atoms with van der Waals surface area (Å²) in [5.41, 5.74) is 2.83. The van der Waals surface area contributed by atoms with Gasteiger partial charge in [0.2, 0.25) is 11.7 Å². The number of carbonyl (C=O) groups excluding carboxylic acids is 1. The fourth-order valence-corrected chi connectivity index (χ4v) is 4.38. The minimum Gasteiger partial charge on any atom is -0.291 e. The van der Waals surface area contributed by atoms with Crippen LogP contribution >= 0.6 is 31.9 Å². The minimum absolute atomic E-state index is 0.0576. The van der Waals surface area contributed by atoms with Crippen LogP contribution in [0, 0.1) is 0 Å². The van der Waals surface area contributed by atoms with Gasteiger partial charge in [0.1, 0.15) is 11.3 Å². The van der Waals surface area contributed by atoms with E-state index >= 15 is 0 Å². The summed E-state index contributed by atoms with van der Waals surface area (Å²) in [5.74, 6) is 0.479. The molecule has 0 N–H and O–H groups in total. The summed E-state index contributed by atoms with van der Waals surface area (Å²) in [4.78, 5) is 23.3. The van der Waals surface area contributed by atoms with E-state index in [1.165, 1.54) is 0 Å². The maximum absolute atomic E-state index is 13.9. The number of nitrogens with zero attached hydrogens (tertiary/aromatic N) is 3. The third-order valence-electron chi connectivity index (χ3n) is 5.38. The molecule has 4 aromatic rings. The fraction of sp³-hybridized carbons (Fsp3) is 0.0870. The number of carbonyl (C=O) groups is 1. The van der Waals surface area contributed by atoms with Crippen molar-refractivity contribution in [2.24, 2.45) is 4.99 Å². The summed E-state index contributed by atoms with van der Waals surface area (Å²) in [6.45, 7) is 1.95. The second kappa shape index (κ2) is 6.75. The topological polar surface area (TPSA) is 47.2 Å². The Hall–Kier alpha value is -2.57. The molecule has 0 radical (unpaired) electrons. The molecule has 3 aromatic carbocycles. The lowest BCUT2D eigenvalue weighted by Gasteiger charge is -2.35. The number of hydrogen-bond acceptors (Lipinski definition) is 3. The van der Waals surface area contributed by atoms with Crippen LogP contribution in [0.1, 0.15) is 18.1 Å². The molecule has 0 saturated heterocycles. The molecular weight excluding hydrogens is 494 g/mol. The molecule has 0 spiro atoms. The monoisotopic (exact) mass is 507 g/mol. The number of ketones is 1. The first-order valence-electron chi connectivity index (χ1n) is 9.12. The van der Waals surface area contributed by atoms with Crippen LogP contribution in [0.25, 0.3) is 11.0 Å². The van der Waals surface area contributed by atoms with Gasteiger partial charge in [-0.05, 0) is 48.9 Å². The smallest absolute Gasteiger partial charge is 0.232 e. The molecule has 0 fully saturated rings. The Morgan fingerprint density at radius 2 is 1.48 bits per heavy atom. The average molecular weight is 509 g/mol. The van der Waals surface area contributed by atoms with Crippen molar-refractivity contribution in [3.05, 3.63) is 92.9 Å². The average Bonchev–Trinajstić information content (AvgIpc) is 3.11. The van der Waals surface area contributed by atoms with Crippen LogP contribution in [0.4, 0.5) is 5.95 Å². The van der Waals surface area contributed by atoms with Gasteiger partial charge in [-0.15, -0.1) is 0 Å². The lowest BCUT2D eigenvalue weighted by atomic mass is 9.82. The molecule has 0 amide bonds. The predicted octanol–water partition coefficient (Wildman–Crippen LogP) is 6.03. The normalized spacial score (nSPS) is 18.6. The Kier molecular flexibility index (Phi) is 4.29. The van der Waals surface area contributed by atoms with E-state index in [-0.39, 0.29) is 5.78 Å². The van der Waals surface area contributed by atoms with Crippen molar-refractivity contribution < 1.29 is 4.79 Å². The van der Waals surface area contributed by atoms with Crippen molar-refractivity contribution >= 4 is 60.3 Å². The summed E-state index contributed by atoms with van der Waals surface area (Å²) in [5, 5.41) is 0. The van der Waals surface area contributed by atoms with Crippen LogP contribution < -0.4 is 0 Å². The Bertz CT molecular complexity index is 1290. The lowest BCUT2D eigenvalue weighted by molar-refractivity contribution is -0.118. The van der Waals surface area contributed by atoms with Crippen LogP contribution in [0.2, 0.25) is 0 Å². The number of imidazole rings is 1. The highest BCUT2D eigenvalue weighted by atomic mass is 79.9. The highest BCUT2D eigenvalue weighted by Crippen LogP contribution is 2.40. The van der Waals surface area contributed by atoms with Crippen molar-refractivity contribution in [2.45, 2.75) is 12.5 Å². The molecule has 0 bridgehead atoms. The van der Waals surface area contributed by atoms with E-state index < -0.39 is 5.54 Å². The predicted molar refractivity (Wildman–Crippen MR) is 122 cm³/mol. The molecule has 1 aromatic heterocycles. The quantitative estimate of drug-likeness (QED) is 0.332. The number of aliphatic imine (C=N–C) groups is 1. The molecule has 6 heteroatoms. The number of fused-ring (bicyclic) bond motifs is 3. The van der Waals surface area contributed by atoms with Crippen molar-refractivity contribution in [3.8, 4) is 0 Å². The van der Waals surface area contributed by atoms with Gasteiger partial charge in [-0.3, -0.25) is 9.36 Å². The molecule has 1 unspecified atom stereocenters. The summed E-state index contributed by atoms with van der Waals surface area (Å²) in [7, 11) is 0. The number of benzene rings is 3. The molecule has 0 saturated carbocycles. The van der Waals surface area contributed by atoms with E-state index in [1.807, 2.05) is 84.3 Å². The van der Waals surface area contributed by atoms with Gasteiger partial charge in [-0.25, -0.2) is 9.98 Å². The Labute approximate surface area is 184 Å². The molecule has 4 nitrogen and oxygen atoms in total. The van der Waals surface area contributed by atoms with Crippen molar-refractivity contribution in [3.63, 3.8) is 0 Å². The standard InChI is InChI=1S/C23H15Br2N3O/c1-23(15-8-12-17(25)13-9-15)21(29)20(14-6-10-16(24)11-7-14)27-22-26-18-4-2-3-5-19(18)28(22)23/h2-13H,1H3. The molecular formula is C23H15Br2N3O. The zero-order chi connectivity index (χ0) is 20.2. The van der Waals surface area contributed by atoms with Gasteiger partial charge in [0.05, 0.1) is 11.0 Å². The fourth-order valence-electron chi connectivity index (χ4n) is 3.85. The second-order valence-corrected chi connectivity index (χ2v) is 8.94. The van der Waals surface area contributed by atoms with Gasteiger partial charge in [0.25, 0.3) is 0 Å². The van der Waals surface area contributed by atoms with Crippen LogP contribution in [0.15, 0.2) is 86.7 Å². The van der Waals surface area contributed by atoms with E-state index in [2.05, 4.69) is 31.9 Å². The van der Waals surface area contributed by atoms with E-state index in [0.29, 0.717) is 11.7 Å². The van der Waals surface area contributed by atoms with E-state index in [4.69, 9.17) is 9.98 Å². The van der Waals surface area contributed by atoms with Crippen molar-refractivity contribution in [1.82, 2.24) is 9.55 Å². The number of rotatable bonds is 2. The Balaban J connectivity index is 1.83. The first-order chi connectivity index (χ1) is 14.0. The number of halogens is 2. The van der Waals surface area contributed by atoms with E-state index in [0.717, 1.165) is 31.1 Å². The van der Waals surface area contributed by atoms with Gasteiger partial charge in [0.15, 0.2) is 0 Å². The summed E-state index contributed by atoms with van der Waals surface area (Å²) in [6, 6.07) is 23.3. The first-order valence-corrected chi connectivity index (χ1v) is 10.7. The zero-order valence-corrected chi connectivity index (χ0v) is 18.6. The molecule has 1 aliphatic rings. The Morgan fingerprint density at radius 3 is 2.17 bits per heavy atom. The van der Waals surface area contributed by atoms with E-state index in [1.54, 1.807) is 0 Å². The molecule has 29 heavy (non-hydrogen) atoms. The third-order valence-corrected chi connectivity index (χ3v) is 6.44. The van der Waals surface area contributed by atoms with Gasteiger partial charge in [-0.1, -0.05) is 68.3 Å². The third kappa shape index (κ3) is 2.81. The van der Waals surface area contributed by atoms with Gasteiger partial charge >= 0.3 is 0 Å². The lowest BCUT2D eigenvalue weighted by Crippen LogP contribution is -2.46. The zero-order valence-electron chi connectivity index (χ0n) is 15.4. The molecule has 1 aliphatic heterocycles. The maximum Gasteiger partial charge on any atom is 0.232 e. The molecule has 1 atom stereocenters. The number of para-hydroxylation sites is 2. The molecule has 2 heterocycles. The number of hydrogen-bond donors (Lipinski definition) is 0. The highest BCUT2D eigenvalue weighted by Gasteiger charge is 2.45. The van der Waals surface area contributed by atoms with Crippen molar-refractivity contribution in [2.75, 3.05) is 0 Å². The SMILES string of the molecule is CC1(c2ccc(Br)cc2)C(=O)C(c2ccc(Br)cc2)=Nc2nc3ccccc3n21. The van der Waals surface area contributed by atoms with Gasteiger partial charge < -0.3 is 0 Å². The van der Waals surface area contributed by atoms with Crippen molar-refractivity contribution in [1.29, 1.82) is 0 Å². The number of Topliss-reactive ketones (excluding diaryl/α,β-unsaturated/α-hetero) is 1. The van der Waals surface area contributed by atoms with Crippen LogP contribution in [-0.2, 0) is 10.3 Å². The summed E-state index contributed by atoms with van der Waals surface area (Å²) < 4.78 is 3.87. The molecule has 142 valence electrons. The Morgan fingerprint density at radius 1 is 0.862 bits per heavy atom. The first kappa shape index (κ1) is 18.5. The van der Waals surface area contributed by atoms with Crippen LogP contribution in [0.5, 0.6) is 0 Å². The maximum atomic E-state index is 13.9.